The normalized spacial score (nSPS) is 18.0. The summed E-state index contributed by atoms with van der Waals surface area (Å²) >= 11 is 3.47. The standard InChI is InChI=1S/C26H33BrN4O2.2ClH/c1-2-24(32)29-23(22-5-3-4-14-28-22)10-15-30-16-11-26(12-17-30)13-18-31(25(26)33)19-20-6-8-21(27)9-7-20;;/h3-9,14,23H,2,10-13,15-19H2,1H3,(H,29,32);2*1H. The van der Waals surface area contributed by atoms with Crippen molar-refractivity contribution in [2.45, 2.75) is 51.6 Å². The highest BCUT2D eigenvalue weighted by Crippen LogP contribution is 2.42. The van der Waals surface area contributed by atoms with Gasteiger partial charge in [0.2, 0.25) is 11.8 Å². The molecule has 2 amide bonds. The van der Waals surface area contributed by atoms with Crippen molar-refractivity contribution in [2.24, 2.45) is 5.41 Å². The Labute approximate surface area is 229 Å². The van der Waals surface area contributed by atoms with Crippen molar-refractivity contribution in [3.63, 3.8) is 0 Å². The van der Waals surface area contributed by atoms with Gasteiger partial charge in [0, 0.05) is 36.7 Å². The van der Waals surface area contributed by atoms with E-state index in [4.69, 9.17) is 0 Å². The molecule has 9 heteroatoms. The number of halogens is 3. The maximum atomic E-state index is 13.3. The molecule has 2 fully saturated rings. The number of nitrogens with one attached hydrogen (secondary N) is 1. The first-order chi connectivity index (χ1) is 16.0. The maximum absolute atomic E-state index is 13.3. The Morgan fingerprint density at radius 1 is 1.09 bits per heavy atom. The smallest absolute Gasteiger partial charge is 0.229 e. The zero-order chi connectivity index (χ0) is 23.3. The van der Waals surface area contributed by atoms with E-state index in [2.05, 4.69) is 43.3 Å². The van der Waals surface area contributed by atoms with E-state index in [1.807, 2.05) is 42.2 Å². The number of rotatable bonds is 8. The van der Waals surface area contributed by atoms with Gasteiger partial charge in [-0.2, -0.15) is 0 Å². The summed E-state index contributed by atoms with van der Waals surface area (Å²) in [6.45, 7) is 6.15. The molecule has 2 aliphatic rings. The van der Waals surface area contributed by atoms with E-state index in [0.717, 1.165) is 62.0 Å². The fourth-order valence-electron chi connectivity index (χ4n) is 5.01. The summed E-state index contributed by atoms with van der Waals surface area (Å²) in [6.07, 6.45) is 5.85. The first kappa shape index (κ1) is 29.6. The van der Waals surface area contributed by atoms with Crippen LogP contribution in [-0.2, 0) is 16.1 Å². The SMILES string of the molecule is CCC(=O)NC(CCN1CCC2(CC1)CCN(Cc1ccc(Br)cc1)C2=O)c1ccccn1.Cl.Cl. The van der Waals surface area contributed by atoms with Gasteiger partial charge in [-0.1, -0.05) is 41.1 Å². The molecule has 3 heterocycles. The molecular weight excluding hydrogens is 551 g/mol. The minimum atomic E-state index is -0.192. The number of nitrogens with zero attached hydrogens (tertiary/aromatic N) is 3. The van der Waals surface area contributed by atoms with Crippen molar-refractivity contribution in [2.75, 3.05) is 26.2 Å². The van der Waals surface area contributed by atoms with Gasteiger partial charge in [-0.05, 0) is 68.6 Å². The van der Waals surface area contributed by atoms with Crippen LogP contribution < -0.4 is 5.32 Å². The molecule has 1 spiro atoms. The van der Waals surface area contributed by atoms with Gasteiger partial charge in [-0.25, -0.2) is 0 Å². The van der Waals surface area contributed by atoms with Gasteiger partial charge in [0.05, 0.1) is 17.2 Å². The number of aromatic nitrogens is 1. The van der Waals surface area contributed by atoms with Crippen LogP contribution in [0.2, 0.25) is 0 Å². The molecule has 0 radical (unpaired) electrons. The Morgan fingerprint density at radius 2 is 1.77 bits per heavy atom. The predicted octanol–water partition coefficient (Wildman–Crippen LogP) is 5.16. The summed E-state index contributed by atoms with van der Waals surface area (Å²) in [7, 11) is 0. The molecule has 0 saturated carbocycles. The second kappa shape index (κ2) is 13.6. The van der Waals surface area contributed by atoms with Crippen molar-refractivity contribution in [3.8, 4) is 0 Å². The minimum Gasteiger partial charge on any atom is -0.348 e. The molecule has 1 unspecified atom stereocenters. The number of hydrogen-bond acceptors (Lipinski definition) is 4. The molecule has 6 nitrogen and oxygen atoms in total. The second-order valence-electron chi connectivity index (χ2n) is 9.24. The molecular formula is C26H35BrCl2N4O2. The third-order valence-electron chi connectivity index (χ3n) is 7.14. The zero-order valence-corrected chi connectivity index (χ0v) is 23.3. The Balaban J connectivity index is 0.00000216. The van der Waals surface area contributed by atoms with E-state index in [0.29, 0.717) is 18.9 Å². The largest absolute Gasteiger partial charge is 0.348 e. The van der Waals surface area contributed by atoms with Gasteiger partial charge in [0.1, 0.15) is 0 Å². The maximum Gasteiger partial charge on any atom is 0.229 e. The molecule has 1 atom stereocenters. The second-order valence-corrected chi connectivity index (χ2v) is 10.2. The van der Waals surface area contributed by atoms with Crippen LogP contribution in [0.4, 0.5) is 0 Å². The summed E-state index contributed by atoms with van der Waals surface area (Å²) in [6, 6.07) is 14.0. The third-order valence-corrected chi connectivity index (χ3v) is 7.66. The molecule has 192 valence electrons. The van der Waals surface area contributed by atoms with Crippen LogP contribution in [0.1, 0.15) is 56.3 Å². The fourth-order valence-corrected chi connectivity index (χ4v) is 5.27. The van der Waals surface area contributed by atoms with Crippen molar-refractivity contribution in [3.05, 3.63) is 64.4 Å². The molecule has 2 saturated heterocycles. The van der Waals surface area contributed by atoms with Crippen molar-refractivity contribution >= 4 is 52.6 Å². The average Bonchev–Trinajstić information content (AvgIpc) is 3.14. The number of carbonyl (C=O) groups excluding carboxylic acids is 2. The fraction of sp³-hybridized carbons (Fsp3) is 0.500. The van der Waals surface area contributed by atoms with Gasteiger partial charge in [0.25, 0.3) is 0 Å². The van der Waals surface area contributed by atoms with Crippen molar-refractivity contribution < 1.29 is 9.59 Å². The van der Waals surface area contributed by atoms with Gasteiger partial charge < -0.3 is 15.1 Å². The third kappa shape index (κ3) is 7.42. The summed E-state index contributed by atoms with van der Waals surface area (Å²) < 4.78 is 1.06. The van der Waals surface area contributed by atoms with Crippen LogP contribution in [0.5, 0.6) is 0 Å². The topological polar surface area (TPSA) is 65.5 Å². The highest BCUT2D eigenvalue weighted by atomic mass is 79.9. The van der Waals surface area contributed by atoms with Crippen LogP contribution in [0.3, 0.4) is 0 Å². The molecule has 2 aliphatic heterocycles. The molecule has 0 bridgehead atoms. The number of benzene rings is 1. The van der Waals surface area contributed by atoms with Crippen LogP contribution in [0, 0.1) is 5.41 Å². The van der Waals surface area contributed by atoms with E-state index in [1.165, 1.54) is 5.56 Å². The lowest BCUT2D eigenvalue weighted by Gasteiger charge is -2.38. The van der Waals surface area contributed by atoms with Gasteiger partial charge in [-0.15, -0.1) is 24.8 Å². The number of carbonyl (C=O) groups is 2. The quantitative estimate of drug-likeness (QED) is 0.465. The first-order valence-electron chi connectivity index (χ1n) is 12.0. The Kier molecular flexibility index (Phi) is 11.5. The van der Waals surface area contributed by atoms with E-state index in [-0.39, 0.29) is 42.2 Å². The van der Waals surface area contributed by atoms with Crippen LogP contribution in [0.25, 0.3) is 0 Å². The summed E-state index contributed by atoms with van der Waals surface area (Å²) in [5.74, 6) is 0.373. The van der Waals surface area contributed by atoms with E-state index in [9.17, 15) is 9.59 Å². The minimum absolute atomic E-state index is 0. The highest BCUT2D eigenvalue weighted by Gasteiger charge is 2.47. The molecule has 35 heavy (non-hydrogen) atoms. The lowest BCUT2D eigenvalue weighted by atomic mass is 9.77. The van der Waals surface area contributed by atoms with Crippen molar-refractivity contribution in [1.29, 1.82) is 0 Å². The van der Waals surface area contributed by atoms with Gasteiger partial charge in [-0.3, -0.25) is 14.6 Å². The van der Waals surface area contributed by atoms with E-state index in [1.54, 1.807) is 6.20 Å². The Morgan fingerprint density at radius 3 is 2.40 bits per heavy atom. The molecule has 4 rings (SSSR count). The van der Waals surface area contributed by atoms with Gasteiger partial charge in [0.15, 0.2) is 0 Å². The summed E-state index contributed by atoms with van der Waals surface area (Å²) in [5.41, 5.74) is 1.89. The van der Waals surface area contributed by atoms with E-state index >= 15 is 0 Å². The number of piperidine rings is 1. The molecule has 0 aliphatic carbocycles. The first-order valence-corrected chi connectivity index (χ1v) is 12.7. The summed E-state index contributed by atoms with van der Waals surface area (Å²) in [5, 5.41) is 3.12. The van der Waals surface area contributed by atoms with Gasteiger partial charge >= 0.3 is 0 Å². The zero-order valence-electron chi connectivity index (χ0n) is 20.1. The Bertz CT molecular complexity index is 954. The van der Waals surface area contributed by atoms with E-state index < -0.39 is 0 Å². The highest BCUT2D eigenvalue weighted by molar-refractivity contribution is 9.10. The van der Waals surface area contributed by atoms with Crippen LogP contribution in [-0.4, -0.2) is 52.8 Å². The summed E-state index contributed by atoms with van der Waals surface area (Å²) in [4.78, 5) is 34.3. The monoisotopic (exact) mass is 584 g/mol. The molecule has 1 aromatic heterocycles. The van der Waals surface area contributed by atoms with Crippen LogP contribution >= 0.6 is 40.7 Å². The average molecular weight is 586 g/mol. The lowest BCUT2D eigenvalue weighted by molar-refractivity contribution is -0.139. The number of amides is 2. The lowest BCUT2D eigenvalue weighted by Crippen LogP contribution is -2.45. The number of hydrogen-bond donors (Lipinski definition) is 1. The Hall–Kier alpha value is -1.67. The molecule has 1 aromatic carbocycles. The molecule has 2 aromatic rings. The molecule has 1 N–H and O–H groups in total. The number of likely N-dealkylation sites (tertiary alicyclic amines) is 2. The van der Waals surface area contributed by atoms with Crippen LogP contribution in [0.15, 0.2) is 53.1 Å². The predicted molar refractivity (Wildman–Crippen MR) is 147 cm³/mol. The van der Waals surface area contributed by atoms with Crippen molar-refractivity contribution in [1.82, 2.24) is 20.1 Å². The number of pyridine rings is 1.